The smallest absolute Gasteiger partial charge is 0.363 e. The molecular formula is C15H14FNO3. The SMILES string of the molecule is COc1ccc(F)cc1/C=C1/N=C(C2CCC2)OC1=O. The molecule has 1 aliphatic heterocycles. The summed E-state index contributed by atoms with van der Waals surface area (Å²) in [5.41, 5.74) is 0.661. The number of halogens is 1. The molecule has 104 valence electrons. The van der Waals surface area contributed by atoms with Crippen molar-refractivity contribution in [1.29, 1.82) is 0 Å². The molecule has 5 heteroatoms. The highest BCUT2D eigenvalue weighted by molar-refractivity contribution is 6.08. The van der Waals surface area contributed by atoms with Crippen LogP contribution in [-0.4, -0.2) is 19.0 Å². The first-order chi connectivity index (χ1) is 9.67. The van der Waals surface area contributed by atoms with Gasteiger partial charge in [0.1, 0.15) is 11.6 Å². The zero-order valence-corrected chi connectivity index (χ0v) is 11.1. The number of esters is 1. The second kappa shape index (κ2) is 5.07. The molecule has 1 aromatic carbocycles. The molecule has 3 rings (SSSR count). The summed E-state index contributed by atoms with van der Waals surface area (Å²) in [6.45, 7) is 0. The van der Waals surface area contributed by atoms with Gasteiger partial charge in [-0.1, -0.05) is 6.42 Å². The fourth-order valence-corrected chi connectivity index (χ4v) is 2.22. The topological polar surface area (TPSA) is 47.9 Å². The van der Waals surface area contributed by atoms with Gasteiger partial charge in [0.25, 0.3) is 0 Å². The van der Waals surface area contributed by atoms with Crippen molar-refractivity contribution < 1.29 is 18.7 Å². The first kappa shape index (κ1) is 12.8. The van der Waals surface area contributed by atoms with Gasteiger partial charge in [0.15, 0.2) is 5.70 Å². The van der Waals surface area contributed by atoms with E-state index in [9.17, 15) is 9.18 Å². The molecule has 1 fully saturated rings. The summed E-state index contributed by atoms with van der Waals surface area (Å²) in [6.07, 6.45) is 4.64. The van der Waals surface area contributed by atoms with Crippen molar-refractivity contribution >= 4 is 17.9 Å². The monoisotopic (exact) mass is 275 g/mol. The molecule has 1 saturated carbocycles. The highest BCUT2D eigenvalue weighted by atomic mass is 19.1. The van der Waals surface area contributed by atoms with Crippen molar-refractivity contribution in [3.8, 4) is 5.75 Å². The summed E-state index contributed by atoms with van der Waals surface area (Å²) >= 11 is 0. The minimum Gasteiger partial charge on any atom is -0.496 e. The van der Waals surface area contributed by atoms with Crippen molar-refractivity contribution in [3.05, 3.63) is 35.3 Å². The van der Waals surface area contributed by atoms with Gasteiger partial charge in [-0.25, -0.2) is 14.2 Å². The predicted octanol–water partition coefficient (Wildman–Crippen LogP) is 2.93. The third-order valence-corrected chi connectivity index (χ3v) is 3.58. The average Bonchev–Trinajstić information content (AvgIpc) is 2.68. The fraction of sp³-hybridized carbons (Fsp3) is 0.333. The van der Waals surface area contributed by atoms with Gasteiger partial charge in [-0.05, 0) is 37.1 Å². The van der Waals surface area contributed by atoms with Gasteiger partial charge in [-0.3, -0.25) is 0 Å². The Hall–Kier alpha value is -2.17. The van der Waals surface area contributed by atoms with Gasteiger partial charge in [0.05, 0.1) is 7.11 Å². The molecule has 1 aromatic rings. The minimum atomic E-state index is -0.488. The predicted molar refractivity (Wildman–Crippen MR) is 71.8 cm³/mol. The Bertz CT molecular complexity index is 618. The van der Waals surface area contributed by atoms with Crippen LogP contribution in [0.4, 0.5) is 4.39 Å². The maximum atomic E-state index is 13.3. The van der Waals surface area contributed by atoms with Gasteiger partial charge in [-0.15, -0.1) is 0 Å². The molecule has 1 aliphatic carbocycles. The number of hydrogen-bond acceptors (Lipinski definition) is 4. The Balaban J connectivity index is 1.93. The van der Waals surface area contributed by atoms with Crippen LogP contribution in [0.3, 0.4) is 0 Å². The summed E-state index contributed by atoms with van der Waals surface area (Å²) in [4.78, 5) is 16.0. The maximum absolute atomic E-state index is 13.3. The summed E-state index contributed by atoms with van der Waals surface area (Å²) in [5, 5.41) is 0. The molecule has 0 amide bonds. The zero-order chi connectivity index (χ0) is 14.1. The quantitative estimate of drug-likeness (QED) is 0.629. The fourth-order valence-electron chi connectivity index (χ4n) is 2.22. The van der Waals surface area contributed by atoms with Gasteiger partial charge in [0.2, 0.25) is 5.90 Å². The number of carbonyl (C=O) groups excluding carboxylic acids is 1. The van der Waals surface area contributed by atoms with Crippen molar-refractivity contribution in [3.63, 3.8) is 0 Å². The van der Waals surface area contributed by atoms with Crippen molar-refractivity contribution in [1.82, 2.24) is 0 Å². The number of carbonyl (C=O) groups is 1. The average molecular weight is 275 g/mol. The molecule has 0 spiro atoms. The van der Waals surface area contributed by atoms with Crippen LogP contribution >= 0.6 is 0 Å². The number of nitrogens with zero attached hydrogens (tertiary/aromatic N) is 1. The normalized spacial score (nSPS) is 20.6. The molecule has 1 heterocycles. The van der Waals surface area contributed by atoms with E-state index in [0.717, 1.165) is 19.3 Å². The molecule has 4 nitrogen and oxygen atoms in total. The second-order valence-corrected chi connectivity index (χ2v) is 4.88. The van der Waals surface area contributed by atoms with E-state index in [1.165, 1.54) is 31.4 Å². The number of cyclic esters (lactones) is 1. The molecule has 0 unspecified atom stereocenters. The van der Waals surface area contributed by atoms with E-state index < -0.39 is 11.8 Å². The molecule has 2 aliphatic rings. The lowest BCUT2D eigenvalue weighted by Gasteiger charge is -2.23. The maximum Gasteiger partial charge on any atom is 0.363 e. The van der Waals surface area contributed by atoms with Crippen LogP contribution in [0.15, 0.2) is 28.9 Å². The molecule has 0 bridgehead atoms. The van der Waals surface area contributed by atoms with E-state index in [1.807, 2.05) is 0 Å². The summed E-state index contributed by atoms with van der Waals surface area (Å²) in [5.74, 6) is 0.339. The van der Waals surface area contributed by atoms with E-state index in [4.69, 9.17) is 9.47 Å². The second-order valence-electron chi connectivity index (χ2n) is 4.88. The Labute approximate surface area is 115 Å². The van der Waals surface area contributed by atoms with E-state index in [1.54, 1.807) is 0 Å². The van der Waals surface area contributed by atoms with Crippen LogP contribution in [0, 0.1) is 11.7 Å². The van der Waals surface area contributed by atoms with Crippen LogP contribution in [0.5, 0.6) is 5.75 Å². The summed E-state index contributed by atoms with van der Waals surface area (Å²) in [6, 6.07) is 4.12. The first-order valence-electron chi connectivity index (χ1n) is 6.53. The summed E-state index contributed by atoms with van der Waals surface area (Å²) < 4.78 is 23.6. The highest BCUT2D eigenvalue weighted by Gasteiger charge is 2.32. The molecule has 0 radical (unpaired) electrons. The Kier molecular flexibility index (Phi) is 3.26. The number of rotatable bonds is 3. The first-order valence-corrected chi connectivity index (χ1v) is 6.53. The number of hydrogen-bond donors (Lipinski definition) is 0. The number of aliphatic imine (C=N–C) groups is 1. The van der Waals surface area contributed by atoms with Gasteiger partial charge in [-0.2, -0.15) is 0 Å². The van der Waals surface area contributed by atoms with Crippen LogP contribution in [0.25, 0.3) is 6.08 Å². The highest BCUT2D eigenvalue weighted by Crippen LogP contribution is 2.32. The van der Waals surface area contributed by atoms with Crippen LogP contribution in [0.1, 0.15) is 24.8 Å². The largest absolute Gasteiger partial charge is 0.496 e. The van der Waals surface area contributed by atoms with Crippen molar-refractivity contribution in [2.45, 2.75) is 19.3 Å². The van der Waals surface area contributed by atoms with Gasteiger partial charge < -0.3 is 9.47 Å². The molecule has 0 aromatic heterocycles. The zero-order valence-electron chi connectivity index (χ0n) is 11.1. The van der Waals surface area contributed by atoms with Crippen LogP contribution in [0.2, 0.25) is 0 Å². The lowest BCUT2D eigenvalue weighted by molar-refractivity contribution is -0.130. The number of ether oxygens (including phenoxy) is 2. The van der Waals surface area contributed by atoms with E-state index in [2.05, 4.69) is 4.99 Å². The molecule has 20 heavy (non-hydrogen) atoms. The van der Waals surface area contributed by atoms with Crippen molar-refractivity contribution in [2.75, 3.05) is 7.11 Å². The standard InChI is InChI=1S/C15H14FNO3/c1-19-13-6-5-11(16)7-10(13)8-12-15(18)20-14(17-12)9-3-2-4-9/h5-9H,2-4H2,1H3/b12-8+. The van der Waals surface area contributed by atoms with Crippen molar-refractivity contribution in [2.24, 2.45) is 10.9 Å². The third-order valence-electron chi connectivity index (χ3n) is 3.58. The van der Waals surface area contributed by atoms with Gasteiger partial charge in [0, 0.05) is 11.5 Å². The molecular weight excluding hydrogens is 261 g/mol. The molecule has 0 saturated heterocycles. The third kappa shape index (κ3) is 2.31. The van der Waals surface area contributed by atoms with E-state index >= 15 is 0 Å². The van der Waals surface area contributed by atoms with E-state index in [0.29, 0.717) is 17.2 Å². The lowest BCUT2D eigenvalue weighted by Crippen LogP contribution is -2.22. The number of benzene rings is 1. The minimum absolute atomic E-state index is 0.191. The van der Waals surface area contributed by atoms with Crippen LogP contribution in [-0.2, 0) is 9.53 Å². The number of methoxy groups -OCH3 is 1. The van der Waals surface area contributed by atoms with Crippen LogP contribution < -0.4 is 4.74 Å². The molecule has 0 atom stereocenters. The Morgan fingerprint density at radius 2 is 2.25 bits per heavy atom. The Morgan fingerprint density at radius 1 is 1.45 bits per heavy atom. The van der Waals surface area contributed by atoms with E-state index in [-0.39, 0.29) is 11.6 Å². The molecule has 0 N–H and O–H groups in total. The summed E-state index contributed by atoms with van der Waals surface area (Å²) in [7, 11) is 1.49. The Morgan fingerprint density at radius 3 is 2.90 bits per heavy atom. The lowest BCUT2D eigenvalue weighted by atomic mass is 9.85. The van der Waals surface area contributed by atoms with Gasteiger partial charge >= 0.3 is 5.97 Å².